The standard InChI is InChI=1S/C23H33N9/c1-3-24-23(26-12-11-25-21-20-15-29-31(2)22(20)28-17-27-21)30-19-9-13-32(14-10-19)16-18-7-5-4-6-8-18/h4-8,15,17,19H,3,9-14,16H2,1-2H3,(H2,24,26,30)(H,25,27,28). The number of anilines is 1. The van der Waals surface area contributed by atoms with Crippen LogP contribution in [0.15, 0.2) is 47.8 Å². The average Bonchev–Trinajstić information content (AvgIpc) is 3.20. The van der Waals surface area contributed by atoms with E-state index >= 15 is 0 Å². The Kier molecular flexibility index (Phi) is 7.50. The smallest absolute Gasteiger partial charge is 0.191 e. The fourth-order valence-electron chi connectivity index (χ4n) is 4.04. The van der Waals surface area contributed by atoms with Gasteiger partial charge in [0.1, 0.15) is 12.1 Å². The Hall–Kier alpha value is -3.20. The van der Waals surface area contributed by atoms with E-state index in [0.29, 0.717) is 19.1 Å². The van der Waals surface area contributed by atoms with Gasteiger partial charge in [-0.25, -0.2) is 9.97 Å². The lowest BCUT2D eigenvalue weighted by molar-refractivity contribution is 0.198. The summed E-state index contributed by atoms with van der Waals surface area (Å²) < 4.78 is 1.75. The van der Waals surface area contributed by atoms with Crippen LogP contribution in [-0.4, -0.2) is 69.4 Å². The normalized spacial score (nSPS) is 15.8. The molecule has 4 rings (SSSR count). The van der Waals surface area contributed by atoms with Crippen LogP contribution in [0.4, 0.5) is 5.82 Å². The van der Waals surface area contributed by atoms with E-state index < -0.39 is 0 Å². The largest absolute Gasteiger partial charge is 0.367 e. The van der Waals surface area contributed by atoms with Crippen LogP contribution in [0.3, 0.4) is 0 Å². The SMILES string of the molecule is CCNC(=NCCNc1ncnc2c1cnn2C)NC1CCN(Cc2ccccc2)CC1. The predicted octanol–water partition coefficient (Wildman–Crippen LogP) is 1.99. The summed E-state index contributed by atoms with van der Waals surface area (Å²) in [6.07, 6.45) is 5.59. The number of benzene rings is 1. The zero-order valence-electron chi connectivity index (χ0n) is 19.0. The van der Waals surface area contributed by atoms with E-state index in [2.05, 4.69) is 73.2 Å². The summed E-state index contributed by atoms with van der Waals surface area (Å²) >= 11 is 0. The lowest BCUT2D eigenvalue weighted by Crippen LogP contribution is -2.48. The van der Waals surface area contributed by atoms with Crippen molar-refractivity contribution in [3.63, 3.8) is 0 Å². The summed E-state index contributed by atoms with van der Waals surface area (Å²) in [5.74, 6) is 1.67. The fourth-order valence-corrected chi connectivity index (χ4v) is 4.04. The second-order valence-corrected chi connectivity index (χ2v) is 8.10. The second kappa shape index (κ2) is 10.9. The van der Waals surface area contributed by atoms with Crippen molar-refractivity contribution in [1.29, 1.82) is 0 Å². The Labute approximate surface area is 189 Å². The van der Waals surface area contributed by atoms with Crippen LogP contribution in [0.5, 0.6) is 0 Å². The van der Waals surface area contributed by atoms with Crippen LogP contribution < -0.4 is 16.0 Å². The van der Waals surface area contributed by atoms with Gasteiger partial charge >= 0.3 is 0 Å². The molecule has 0 amide bonds. The summed E-state index contributed by atoms with van der Waals surface area (Å²) in [6, 6.07) is 11.2. The predicted molar refractivity (Wildman–Crippen MR) is 129 cm³/mol. The number of aliphatic imine (C=N–C) groups is 1. The molecule has 3 N–H and O–H groups in total. The average molecular weight is 436 g/mol. The van der Waals surface area contributed by atoms with E-state index in [-0.39, 0.29) is 0 Å². The summed E-state index contributed by atoms with van der Waals surface area (Å²) in [4.78, 5) is 15.9. The Balaban J connectivity index is 1.24. The van der Waals surface area contributed by atoms with Crippen LogP contribution >= 0.6 is 0 Å². The molecule has 0 atom stereocenters. The van der Waals surface area contributed by atoms with Crippen molar-refractivity contribution in [2.75, 3.05) is 38.0 Å². The molecule has 0 aliphatic carbocycles. The molecule has 2 aromatic heterocycles. The molecule has 1 aliphatic rings. The van der Waals surface area contributed by atoms with Crippen LogP contribution in [0.25, 0.3) is 11.0 Å². The Morgan fingerprint density at radius 1 is 1.16 bits per heavy atom. The molecule has 0 spiro atoms. The first kappa shape index (κ1) is 22.0. The third-order valence-electron chi connectivity index (χ3n) is 5.73. The number of aromatic nitrogens is 4. The molecule has 0 saturated carbocycles. The van der Waals surface area contributed by atoms with Gasteiger partial charge in [-0.2, -0.15) is 5.10 Å². The highest BCUT2D eigenvalue weighted by molar-refractivity contribution is 5.86. The van der Waals surface area contributed by atoms with Crippen molar-refractivity contribution in [3.05, 3.63) is 48.4 Å². The van der Waals surface area contributed by atoms with Gasteiger partial charge in [-0.1, -0.05) is 30.3 Å². The molecule has 9 heteroatoms. The highest BCUT2D eigenvalue weighted by Crippen LogP contribution is 2.17. The number of piperidine rings is 1. The highest BCUT2D eigenvalue weighted by Gasteiger charge is 2.20. The van der Waals surface area contributed by atoms with Gasteiger partial charge in [0.15, 0.2) is 11.6 Å². The molecule has 0 bridgehead atoms. The van der Waals surface area contributed by atoms with Crippen molar-refractivity contribution in [2.45, 2.75) is 32.4 Å². The first-order valence-corrected chi connectivity index (χ1v) is 11.4. The summed E-state index contributed by atoms with van der Waals surface area (Å²) in [7, 11) is 1.88. The van der Waals surface area contributed by atoms with Gasteiger partial charge in [0.2, 0.25) is 0 Å². The molecule has 3 aromatic rings. The quantitative estimate of drug-likeness (QED) is 0.283. The molecule has 3 heterocycles. The van der Waals surface area contributed by atoms with E-state index in [9.17, 15) is 0 Å². The Bertz CT molecular complexity index is 1010. The van der Waals surface area contributed by atoms with Gasteiger partial charge in [-0.15, -0.1) is 0 Å². The maximum Gasteiger partial charge on any atom is 0.191 e. The van der Waals surface area contributed by atoms with Gasteiger partial charge in [0.05, 0.1) is 18.1 Å². The van der Waals surface area contributed by atoms with E-state index in [0.717, 1.165) is 61.8 Å². The number of hydrogen-bond acceptors (Lipinski definition) is 6. The molecular weight excluding hydrogens is 402 g/mol. The number of fused-ring (bicyclic) bond motifs is 1. The van der Waals surface area contributed by atoms with Crippen molar-refractivity contribution in [3.8, 4) is 0 Å². The third-order valence-corrected chi connectivity index (χ3v) is 5.73. The molecule has 1 aliphatic heterocycles. The number of rotatable bonds is 8. The summed E-state index contributed by atoms with van der Waals surface area (Å²) in [6.45, 7) is 7.50. The number of nitrogens with one attached hydrogen (secondary N) is 3. The van der Waals surface area contributed by atoms with Crippen LogP contribution in [0.1, 0.15) is 25.3 Å². The number of guanidine groups is 1. The van der Waals surface area contributed by atoms with E-state index in [1.54, 1.807) is 17.2 Å². The van der Waals surface area contributed by atoms with Gasteiger partial charge in [-0.05, 0) is 25.3 Å². The lowest BCUT2D eigenvalue weighted by atomic mass is 10.0. The topological polar surface area (TPSA) is 95.3 Å². The first-order valence-electron chi connectivity index (χ1n) is 11.4. The molecule has 0 unspecified atom stereocenters. The van der Waals surface area contributed by atoms with Crippen LogP contribution in [0, 0.1) is 0 Å². The lowest BCUT2D eigenvalue weighted by Gasteiger charge is -2.33. The summed E-state index contributed by atoms with van der Waals surface area (Å²) in [5.41, 5.74) is 2.20. The van der Waals surface area contributed by atoms with Gasteiger partial charge in [-0.3, -0.25) is 14.6 Å². The van der Waals surface area contributed by atoms with Crippen molar-refractivity contribution < 1.29 is 0 Å². The fraction of sp³-hybridized carbons (Fsp3) is 0.478. The highest BCUT2D eigenvalue weighted by atomic mass is 15.3. The van der Waals surface area contributed by atoms with Gasteiger partial charge < -0.3 is 16.0 Å². The van der Waals surface area contributed by atoms with Crippen LogP contribution in [-0.2, 0) is 13.6 Å². The van der Waals surface area contributed by atoms with Gasteiger partial charge in [0, 0.05) is 45.8 Å². The minimum atomic E-state index is 0.449. The molecule has 0 radical (unpaired) electrons. The number of likely N-dealkylation sites (tertiary alicyclic amines) is 1. The zero-order chi connectivity index (χ0) is 22.2. The van der Waals surface area contributed by atoms with Crippen molar-refractivity contribution in [2.24, 2.45) is 12.0 Å². The second-order valence-electron chi connectivity index (χ2n) is 8.10. The number of hydrogen-bond donors (Lipinski definition) is 3. The van der Waals surface area contributed by atoms with E-state index in [1.165, 1.54) is 5.56 Å². The summed E-state index contributed by atoms with van der Waals surface area (Å²) in [5, 5.41) is 15.5. The van der Waals surface area contributed by atoms with Crippen molar-refractivity contribution in [1.82, 2.24) is 35.3 Å². The molecule has 170 valence electrons. The molecule has 1 aromatic carbocycles. The van der Waals surface area contributed by atoms with E-state index in [1.807, 2.05) is 7.05 Å². The van der Waals surface area contributed by atoms with Crippen LogP contribution in [0.2, 0.25) is 0 Å². The third kappa shape index (κ3) is 5.73. The zero-order valence-corrected chi connectivity index (χ0v) is 19.0. The Morgan fingerprint density at radius 2 is 1.97 bits per heavy atom. The molecule has 1 saturated heterocycles. The monoisotopic (exact) mass is 435 g/mol. The molecule has 32 heavy (non-hydrogen) atoms. The number of nitrogens with zero attached hydrogens (tertiary/aromatic N) is 6. The van der Waals surface area contributed by atoms with E-state index in [4.69, 9.17) is 4.99 Å². The maximum atomic E-state index is 4.75. The minimum Gasteiger partial charge on any atom is -0.367 e. The minimum absolute atomic E-state index is 0.449. The number of aryl methyl sites for hydroxylation is 1. The van der Waals surface area contributed by atoms with Crippen molar-refractivity contribution >= 4 is 22.8 Å². The Morgan fingerprint density at radius 3 is 2.75 bits per heavy atom. The maximum absolute atomic E-state index is 4.75. The molecular formula is C23H33N9. The molecule has 1 fully saturated rings. The van der Waals surface area contributed by atoms with Gasteiger partial charge in [0.25, 0.3) is 0 Å². The molecule has 9 nitrogen and oxygen atoms in total. The first-order chi connectivity index (χ1) is 15.7.